The van der Waals surface area contributed by atoms with Crippen molar-refractivity contribution in [2.24, 2.45) is 0 Å². The van der Waals surface area contributed by atoms with E-state index in [9.17, 15) is 0 Å². The number of aromatic nitrogens is 2. The minimum Gasteiger partial charge on any atom is -0.489 e. The summed E-state index contributed by atoms with van der Waals surface area (Å²) in [4.78, 5) is 7.91. The Labute approximate surface area is 173 Å². The Balaban J connectivity index is 1.37. The molecule has 0 aliphatic carbocycles. The number of benzene rings is 2. The molecule has 0 atom stereocenters. The van der Waals surface area contributed by atoms with Crippen molar-refractivity contribution in [3.63, 3.8) is 0 Å². The van der Waals surface area contributed by atoms with Crippen molar-refractivity contribution in [1.29, 1.82) is 0 Å². The van der Waals surface area contributed by atoms with Crippen molar-refractivity contribution >= 4 is 22.4 Å². The molecule has 5 rings (SSSR count). The molecule has 0 spiro atoms. The normalized spacial score (nSPS) is 11.0. The summed E-state index contributed by atoms with van der Waals surface area (Å²) in [6.45, 7) is 0.575. The molecular formula is C25H20N2OS. The number of rotatable bonds is 6. The minimum absolute atomic E-state index is 0.575. The van der Waals surface area contributed by atoms with Gasteiger partial charge in [-0.3, -0.25) is 0 Å². The first-order chi connectivity index (χ1) is 14.3. The van der Waals surface area contributed by atoms with E-state index >= 15 is 0 Å². The van der Waals surface area contributed by atoms with Crippen molar-refractivity contribution in [2.45, 2.75) is 13.0 Å². The molecule has 1 N–H and O–H groups in total. The van der Waals surface area contributed by atoms with Crippen molar-refractivity contribution < 1.29 is 4.74 Å². The highest BCUT2D eigenvalue weighted by Gasteiger charge is 2.09. The number of thiophene rings is 1. The summed E-state index contributed by atoms with van der Waals surface area (Å²) in [6.07, 6.45) is 4.83. The summed E-state index contributed by atoms with van der Waals surface area (Å²) >= 11 is 1.70. The Morgan fingerprint density at radius 1 is 0.897 bits per heavy atom. The second kappa shape index (κ2) is 7.94. The summed E-state index contributed by atoms with van der Waals surface area (Å²) < 4.78 is 5.99. The van der Waals surface area contributed by atoms with Crippen LogP contribution >= 0.6 is 11.3 Å². The third kappa shape index (κ3) is 3.93. The largest absolute Gasteiger partial charge is 0.489 e. The van der Waals surface area contributed by atoms with Crippen LogP contribution in [0.1, 0.15) is 16.7 Å². The Bertz CT molecular complexity index is 1230. The number of hydrogen-bond acceptors (Lipinski definition) is 3. The highest BCUT2D eigenvalue weighted by atomic mass is 32.1. The van der Waals surface area contributed by atoms with E-state index in [1.807, 2.05) is 30.5 Å². The first kappa shape index (κ1) is 17.7. The summed E-state index contributed by atoms with van der Waals surface area (Å²) in [5.41, 5.74) is 6.92. The van der Waals surface area contributed by atoms with E-state index in [1.54, 1.807) is 11.3 Å². The van der Waals surface area contributed by atoms with Crippen molar-refractivity contribution in [3.05, 3.63) is 107 Å². The molecule has 0 fully saturated rings. The van der Waals surface area contributed by atoms with E-state index in [1.165, 1.54) is 27.6 Å². The van der Waals surface area contributed by atoms with Crippen molar-refractivity contribution in [2.75, 3.05) is 0 Å². The van der Waals surface area contributed by atoms with Crippen LogP contribution in [0.3, 0.4) is 0 Å². The second-order valence-corrected chi connectivity index (χ2v) is 7.82. The van der Waals surface area contributed by atoms with Gasteiger partial charge in [0.15, 0.2) is 0 Å². The average molecular weight is 397 g/mol. The number of ether oxygens (including phenoxy) is 1. The maximum atomic E-state index is 5.99. The van der Waals surface area contributed by atoms with E-state index in [4.69, 9.17) is 4.74 Å². The second-order valence-electron chi connectivity index (χ2n) is 7.04. The van der Waals surface area contributed by atoms with Gasteiger partial charge < -0.3 is 9.72 Å². The first-order valence-electron chi connectivity index (χ1n) is 9.59. The Hall–Kier alpha value is -3.37. The lowest BCUT2D eigenvalue weighted by molar-refractivity contribution is 0.306. The number of nitrogens with one attached hydrogen (secondary N) is 1. The van der Waals surface area contributed by atoms with Crippen LogP contribution in [-0.2, 0) is 13.0 Å². The van der Waals surface area contributed by atoms with Gasteiger partial charge in [0.25, 0.3) is 0 Å². The van der Waals surface area contributed by atoms with Gasteiger partial charge in [-0.1, -0.05) is 42.5 Å². The van der Waals surface area contributed by atoms with Gasteiger partial charge in [0, 0.05) is 23.3 Å². The molecule has 0 amide bonds. The number of H-pyrrole nitrogens is 1. The predicted octanol–water partition coefficient (Wildman–Crippen LogP) is 6.46. The molecular weight excluding hydrogens is 376 g/mol. The van der Waals surface area contributed by atoms with E-state index < -0.39 is 0 Å². The van der Waals surface area contributed by atoms with Gasteiger partial charge >= 0.3 is 0 Å². The quantitative estimate of drug-likeness (QED) is 0.358. The zero-order valence-electron chi connectivity index (χ0n) is 15.8. The fraction of sp³-hybridized carbons (Fsp3) is 0.0800. The minimum atomic E-state index is 0.575. The molecule has 142 valence electrons. The van der Waals surface area contributed by atoms with E-state index in [2.05, 4.69) is 69.4 Å². The molecule has 0 aliphatic heterocycles. The van der Waals surface area contributed by atoms with Crippen LogP contribution in [0.4, 0.5) is 0 Å². The SMILES string of the molecule is c1ccc(COc2cccc(Cc3c[nH]c4ncc(-c5ccsc5)cc34)c2)cc1. The van der Waals surface area contributed by atoms with E-state index in [0.29, 0.717) is 6.61 Å². The van der Waals surface area contributed by atoms with Gasteiger partial charge in [0.1, 0.15) is 18.0 Å². The van der Waals surface area contributed by atoms with Crippen molar-refractivity contribution in [3.8, 4) is 16.9 Å². The Morgan fingerprint density at radius 3 is 2.66 bits per heavy atom. The van der Waals surface area contributed by atoms with Gasteiger partial charge in [-0.2, -0.15) is 11.3 Å². The van der Waals surface area contributed by atoms with Gasteiger partial charge in [0.05, 0.1) is 0 Å². The van der Waals surface area contributed by atoms with Crippen molar-refractivity contribution in [1.82, 2.24) is 9.97 Å². The lowest BCUT2D eigenvalue weighted by Gasteiger charge is -2.08. The van der Waals surface area contributed by atoms with Gasteiger partial charge in [-0.15, -0.1) is 0 Å². The third-order valence-corrected chi connectivity index (χ3v) is 5.70. The van der Waals surface area contributed by atoms with Crippen LogP contribution in [0.5, 0.6) is 5.75 Å². The lowest BCUT2D eigenvalue weighted by atomic mass is 10.0. The lowest BCUT2D eigenvalue weighted by Crippen LogP contribution is -1.96. The maximum Gasteiger partial charge on any atom is 0.137 e. The summed E-state index contributed by atoms with van der Waals surface area (Å²) in [5, 5.41) is 5.42. The van der Waals surface area contributed by atoms with E-state index in [-0.39, 0.29) is 0 Å². The molecule has 4 heteroatoms. The van der Waals surface area contributed by atoms with Gasteiger partial charge in [-0.25, -0.2) is 4.98 Å². The van der Waals surface area contributed by atoms with E-state index in [0.717, 1.165) is 23.4 Å². The highest BCUT2D eigenvalue weighted by Crippen LogP contribution is 2.28. The monoisotopic (exact) mass is 396 g/mol. The van der Waals surface area contributed by atoms with Gasteiger partial charge in [-0.05, 0) is 63.7 Å². The molecule has 0 saturated carbocycles. The topological polar surface area (TPSA) is 37.9 Å². The number of nitrogens with zero attached hydrogens (tertiary/aromatic N) is 1. The molecule has 3 heterocycles. The predicted molar refractivity (Wildman–Crippen MR) is 119 cm³/mol. The van der Waals surface area contributed by atoms with Crippen LogP contribution in [0.15, 0.2) is 89.9 Å². The average Bonchev–Trinajstić information content (AvgIpc) is 3.44. The summed E-state index contributed by atoms with van der Waals surface area (Å²) in [5.74, 6) is 0.892. The van der Waals surface area contributed by atoms with Crippen LogP contribution in [0, 0.1) is 0 Å². The zero-order chi connectivity index (χ0) is 19.5. The summed E-state index contributed by atoms with van der Waals surface area (Å²) in [7, 11) is 0. The summed E-state index contributed by atoms with van der Waals surface area (Å²) in [6, 6.07) is 22.9. The molecule has 0 bridgehead atoms. The Kier molecular flexibility index (Phi) is 4.85. The van der Waals surface area contributed by atoms with Crippen LogP contribution in [0.2, 0.25) is 0 Å². The molecule has 0 unspecified atom stereocenters. The molecule has 3 nitrogen and oxygen atoms in total. The molecule has 0 aliphatic rings. The number of hydrogen-bond donors (Lipinski definition) is 1. The molecule has 2 aromatic carbocycles. The first-order valence-corrected chi connectivity index (χ1v) is 10.5. The maximum absolute atomic E-state index is 5.99. The molecule has 0 saturated heterocycles. The molecule has 0 radical (unpaired) electrons. The zero-order valence-corrected chi connectivity index (χ0v) is 16.7. The third-order valence-electron chi connectivity index (χ3n) is 5.01. The number of pyridine rings is 1. The fourth-order valence-corrected chi connectivity index (χ4v) is 4.16. The molecule has 3 aromatic heterocycles. The smallest absolute Gasteiger partial charge is 0.137 e. The number of aromatic amines is 1. The van der Waals surface area contributed by atoms with Crippen LogP contribution < -0.4 is 4.74 Å². The highest BCUT2D eigenvalue weighted by molar-refractivity contribution is 7.08. The van der Waals surface area contributed by atoms with Crippen LogP contribution in [-0.4, -0.2) is 9.97 Å². The van der Waals surface area contributed by atoms with Crippen LogP contribution in [0.25, 0.3) is 22.2 Å². The fourth-order valence-electron chi connectivity index (χ4n) is 3.50. The number of fused-ring (bicyclic) bond motifs is 1. The van der Waals surface area contributed by atoms with Gasteiger partial charge in [0.2, 0.25) is 0 Å². The standard InChI is InChI=1S/C25H20N2OS/c1-2-5-18(6-3-1)16-28-23-8-4-7-19(12-23)11-22-15-27-25-24(22)13-21(14-26-25)20-9-10-29-17-20/h1-10,12-15,17H,11,16H2,(H,26,27). The molecule has 5 aromatic rings. The Morgan fingerprint density at radius 2 is 1.79 bits per heavy atom. The molecule has 29 heavy (non-hydrogen) atoms.